The summed E-state index contributed by atoms with van der Waals surface area (Å²) >= 11 is 3.10. The van der Waals surface area contributed by atoms with Gasteiger partial charge >= 0.3 is 8.03 Å². The highest BCUT2D eigenvalue weighted by Crippen LogP contribution is 2.11. The third-order valence-corrected chi connectivity index (χ3v) is 1.15. The highest BCUT2D eigenvalue weighted by molar-refractivity contribution is 9.09. The van der Waals surface area contributed by atoms with Crippen LogP contribution in [0.2, 0.25) is 0 Å². The molecule has 0 fully saturated rings. The second kappa shape index (κ2) is 5.63. The average molecular weight is 202 g/mol. The number of rotatable bonds is 4. The van der Waals surface area contributed by atoms with Crippen LogP contribution in [0.5, 0.6) is 0 Å². The Balaban J connectivity index is 2.82. The number of ether oxygens (including phenoxy) is 1. The van der Waals surface area contributed by atoms with Crippen molar-refractivity contribution in [1.29, 1.82) is 0 Å². The van der Waals surface area contributed by atoms with Crippen LogP contribution < -0.4 is 0 Å². The number of halogens is 1. The van der Waals surface area contributed by atoms with Gasteiger partial charge in [-0.05, 0) is 4.57 Å². The Bertz CT molecular complexity index is 76.9. The quantitative estimate of drug-likeness (QED) is 0.421. The van der Waals surface area contributed by atoms with Gasteiger partial charge in [-0.25, -0.2) is 0 Å². The van der Waals surface area contributed by atoms with E-state index in [0.717, 1.165) is 0 Å². The number of hydrogen-bond donors (Lipinski definition) is 1. The Morgan fingerprint density at radius 3 is 2.75 bits per heavy atom. The summed E-state index contributed by atoms with van der Waals surface area (Å²) in [5.41, 5.74) is 0. The Kier molecular flexibility index (Phi) is 5.99. The molecule has 0 heterocycles. The van der Waals surface area contributed by atoms with Gasteiger partial charge < -0.3 is 4.74 Å². The topological polar surface area (TPSA) is 46.5 Å². The molecule has 0 aliphatic heterocycles. The maximum Gasteiger partial charge on any atom is 0.534 e. The second-order valence-corrected chi connectivity index (χ2v) is 2.83. The Morgan fingerprint density at radius 1 is 1.75 bits per heavy atom. The van der Waals surface area contributed by atoms with Gasteiger partial charge in [0.25, 0.3) is 6.35 Å². The van der Waals surface area contributed by atoms with Crippen LogP contribution in [0.3, 0.4) is 0 Å². The zero-order valence-corrected chi connectivity index (χ0v) is 6.69. The largest absolute Gasteiger partial charge is 0.534 e. The molecule has 0 bridgehead atoms. The molecule has 0 aliphatic carbocycles. The SMILES string of the molecule is O=[P+](O)COCCBr. The summed E-state index contributed by atoms with van der Waals surface area (Å²) in [7, 11) is -2.11. The summed E-state index contributed by atoms with van der Waals surface area (Å²) in [5, 5.41) is 0.705. The molecule has 0 aromatic heterocycles. The summed E-state index contributed by atoms with van der Waals surface area (Å²) in [6, 6.07) is 0. The fourth-order valence-electron chi connectivity index (χ4n) is 0.197. The molecule has 8 heavy (non-hydrogen) atoms. The van der Waals surface area contributed by atoms with Gasteiger partial charge in [-0.15, -0.1) is 0 Å². The second-order valence-electron chi connectivity index (χ2n) is 1.08. The molecule has 1 N–H and O–H groups in total. The first-order valence-corrected chi connectivity index (χ1v) is 4.56. The van der Waals surface area contributed by atoms with Gasteiger partial charge in [0.05, 0.1) is 6.61 Å². The minimum Gasteiger partial charge on any atom is -0.334 e. The molecule has 0 aromatic carbocycles. The van der Waals surface area contributed by atoms with Gasteiger partial charge in [-0.3, -0.25) is 0 Å². The van der Waals surface area contributed by atoms with Gasteiger partial charge in [-0.2, -0.15) is 4.89 Å². The average Bonchev–Trinajstić information content (AvgIpc) is 1.66. The summed E-state index contributed by atoms with van der Waals surface area (Å²) in [6.07, 6.45) is -0.0546. The van der Waals surface area contributed by atoms with Crippen LogP contribution in [0.4, 0.5) is 0 Å². The molecule has 0 saturated carbocycles. The third-order valence-electron chi connectivity index (χ3n) is 0.423. The molecule has 0 spiro atoms. The molecule has 0 rings (SSSR count). The summed E-state index contributed by atoms with van der Waals surface area (Å²) in [6.45, 7) is 0.488. The predicted octanol–water partition coefficient (Wildman–Crippen LogP) is 1.09. The first kappa shape index (κ1) is 8.50. The van der Waals surface area contributed by atoms with E-state index in [1.54, 1.807) is 0 Å². The van der Waals surface area contributed by atoms with Gasteiger partial charge in [0.2, 0.25) is 0 Å². The number of alkyl halides is 1. The third kappa shape index (κ3) is 6.50. The highest BCUT2D eigenvalue weighted by atomic mass is 79.9. The van der Waals surface area contributed by atoms with Crippen molar-refractivity contribution >= 4 is 24.0 Å². The van der Waals surface area contributed by atoms with E-state index in [4.69, 9.17) is 4.89 Å². The maximum atomic E-state index is 9.88. The Labute approximate surface area is 57.0 Å². The van der Waals surface area contributed by atoms with E-state index in [0.29, 0.717) is 11.9 Å². The highest BCUT2D eigenvalue weighted by Gasteiger charge is 2.07. The van der Waals surface area contributed by atoms with Crippen molar-refractivity contribution in [2.24, 2.45) is 0 Å². The fourth-order valence-corrected chi connectivity index (χ4v) is 0.711. The Morgan fingerprint density at radius 2 is 2.38 bits per heavy atom. The lowest BCUT2D eigenvalue weighted by molar-refractivity contribution is 0.191. The maximum absolute atomic E-state index is 9.88. The van der Waals surface area contributed by atoms with Crippen LogP contribution in [0, 0.1) is 0 Å². The van der Waals surface area contributed by atoms with Gasteiger partial charge in [0, 0.05) is 5.33 Å². The van der Waals surface area contributed by atoms with Crippen molar-refractivity contribution < 1.29 is 14.2 Å². The molecular weight excluding hydrogens is 195 g/mol. The van der Waals surface area contributed by atoms with Gasteiger partial charge in [-0.1, -0.05) is 15.9 Å². The van der Waals surface area contributed by atoms with E-state index < -0.39 is 8.03 Å². The lowest BCUT2D eigenvalue weighted by Gasteiger charge is -1.86. The molecule has 1 atom stereocenters. The fraction of sp³-hybridized carbons (Fsp3) is 1.00. The van der Waals surface area contributed by atoms with E-state index in [-0.39, 0.29) is 6.35 Å². The normalized spacial score (nSPS) is 11.5. The monoisotopic (exact) mass is 201 g/mol. The Hall–Kier alpha value is 0.500. The minimum absolute atomic E-state index is 0.0546. The molecule has 1 unspecified atom stereocenters. The predicted molar refractivity (Wildman–Crippen MR) is 34.4 cm³/mol. The lowest BCUT2D eigenvalue weighted by Crippen LogP contribution is -1.92. The van der Waals surface area contributed by atoms with Crippen LogP contribution in [-0.2, 0) is 9.30 Å². The molecule has 0 aliphatic rings. The van der Waals surface area contributed by atoms with Gasteiger partial charge in [0.15, 0.2) is 0 Å². The van der Waals surface area contributed by atoms with Crippen molar-refractivity contribution in [3.05, 3.63) is 0 Å². The molecule has 0 amide bonds. The van der Waals surface area contributed by atoms with Crippen LogP contribution in [0.1, 0.15) is 0 Å². The van der Waals surface area contributed by atoms with E-state index >= 15 is 0 Å². The van der Waals surface area contributed by atoms with Crippen LogP contribution in [-0.4, -0.2) is 23.2 Å². The zero-order chi connectivity index (χ0) is 6.41. The summed E-state index contributed by atoms with van der Waals surface area (Å²) in [4.78, 5) is 8.15. The van der Waals surface area contributed by atoms with Crippen molar-refractivity contribution in [3.8, 4) is 0 Å². The van der Waals surface area contributed by atoms with E-state index in [1.165, 1.54) is 0 Å². The lowest BCUT2D eigenvalue weighted by atomic mass is 10.9. The molecule has 5 heteroatoms. The van der Waals surface area contributed by atoms with Crippen LogP contribution >= 0.6 is 24.0 Å². The molecule has 3 nitrogen and oxygen atoms in total. The van der Waals surface area contributed by atoms with Crippen LogP contribution in [0.25, 0.3) is 0 Å². The molecule has 0 radical (unpaired) electrons. The molecule has 48 valence electrons. The van der Waals surface area contributed by atoms with Crippen molar-refractivity contribution in [2.75, 3.05) is 18.3 Å². The standard InChI is InChI=1S/C3H6BrO3P/c4-1-2-7-3-8(5)6/h1-3H2/p+1. The van der Waals surface area contributed by atoms with E-state index in [1.807, 2.05) is 0 Å². The number of hydrogen-bond acceptors (Lipinski definition) is 2. The van der Waals surface area contributed by atoms with Crippen molar-refractivity contribution in [1.82, 2.24) is 0 Å². The van der Waals surface area contributed by atoms with E-state index in [9.17, 15) is 4.57 Å². The summed E-state index contributed by atoms with van der Waals surface area (Å²) < 4.78 is 14.5. The molecule has 0 aromatic rings. The first-order valence-electron chi connectivity index (χ1n) is 2.04. The molecule has 0 saturated heterocycles. The zero-order valence-electron chi connectivity index (χ0n) is 4.21. The molecular formula is C3H7BrO3P+. The smallest absolute Gasteiger partial charge is 0.334 e. The van der Waals surface area contributed by atoms with Crippen molar-refractivity contribution in [3.63, 3.8) is 0 Å². The van der Waals surface area contributed by atoms with Crippen molar-refractivity contribution in [2.45, 2.75) is 0 Å². The summed E-state index contributed by atoms with van der Waals surface area (Å²) in [5.74, 6) is 0. The van der Waals surface area contributed by atoms with Crippen LogP contribution in [0.15, 0.2) is 0 Å². The first-order chi connectivity index (χ1) is 3.77. The minimum atomic E-state index is -2.11. The van der Waals surface area contributed by atoms with E-state index in [2.05, 4.69) is 20.7 Å². The van der Waals surface area contributed by atoms with Gasteiger partial charge in [0.1, 0.15) is 0 Å².